The lowest BCUT2D eigenvalue weighted by atomic mass is 9.78. The van der Waals surface area contributed by atoms with Crippen LogP contribution in [0.2, 0.25) is 0 Å². The van der Waals surface area contributed by atoms with Gasteiger partial charge in [0.1, 0.15) is 5.75 Å². The van der Waals surface area contributed by atoms with Gasteiger partial charge >= 0.3 is 6.03 Å². The number of amides is 2. The first-order chi connectivity index (χ1) is 20.4. The van der Waals surface area contributed by atoms with Gasteiger partial charge in [-0.2, -0.15) is 0 Å². The van der Waals surface area contributed by atoms with Crippen molar-refractivity contribution in [3.8, 4) is 5.75 Å². The molecule has 1 aliphatic rings. The van der Waals surface area contributed by atoms with Crippen molar-refractivity contribution in [1.82, 2.24) is 9.80 Å². The molecule has 3 aromatic rings. The Kier molecular flexibility index (Phi) is 10.6. The van der Waals surface area contributed by atoms with Crippen LogP contribution in [-0.2, 0) is 30.2 Å². The Balaban J connectivity index is 1.44. The van der Waals surface area contributed by atoms with E-state index in [2.05, 4.69) is 118 Å². The maximum Gasteiger partial charge on any atom is 0.322 e. The maximum absolute atomic E-state index is 13.7. The molecule has 1 fully saturated rings. The van der Waals surface area contributed by atoms with Gasteiger partial charge in [-0.05, 0) is 76.8 Å². The highest BCUT2D eigenvalue weighted by Crippen LogP contribution is 2.40. The number of rotatable bonds is 9. The van der Waals surface area contributed by atoms with Gasteiger partial charge in [-0.1, -0.05) is 109 Å². The van der Waals surface area contributed by atoms with Gasteiger partial charge in [-0.25, -0.2) is 4.79 Å². The molecule has 0 unspecified atom stereocenters. The standard InChI is InChI=1S/C38H53N3O2/c1-8-22-41(31-20-23-40(24-21-31)27-28-14-10-9-11-15-28)36(43)39-34-17-13-12-16-30(34)19-18-29-25-32(37(2,3)4)35(42)33(26-29)38(5,6)7/h9-17,25-26,31,42H,8,18-24,27H2,1-7H3,(H,39,43). The van der Waals surface area contributed by atoms with Gasteiger partial charge < -0.3 is 15.3 Å². The number of nitrogens with one attached hydrogen (secondary N) is 1. The highest BCUT2D eigenvalue weighted by atomic mass is 16.3. The van der Waals surface area contributed by atoms with Crippen molar-refractivity contribution >= 4 is 11.7 Å². The second-order valence-electron chi connectivity index (χ2n) is 14.3. The summed E-state index contributed by atoms with van der Waals surface area (Å²) < 4.78 is 0. The summed E-state index contributed by atoms with van der Waals surface area (Å²) in [5, 5.41) is 14.4. The number of piperidine rings is 1. The third-order valence-corrected chi connectivity index (χ3v) is 8.70. The van der Waals surface area contributed by atoms with Crippen LogP contribution in [0.3, 0.4) is 0 Å². The Labute approximate surface area is 260 Å². The number of phenolic OH excluding ortho intramolecular Hbond substituents is 1. The first-order valence-corrected chi connectivity index (χ1v) is 16.2. The number of carbonyl (C=O) groups excluding carboxylic acids is 1. The molecule has 0 aromatic heterocycles. The first-order valence-electron chi connectivity index (χ1n) is 16.2. The van der Waals surface area contributed by atoms with Gasteiger partial charge in [0.15, 0.2) is 0 Å². The number of hydrogen-bond donors (Lipinski definition) is 2. The van der Waals surface area contributed by atoms with E-state index in [-0.39, 0.29) is 22.9 Å². The summed E-state index contributed by atoms with van der Waals surface area (Å²) in [5.41, 5.74) is 6.23. The van der Waals surface area contributed by atoms with E-state index in [4.69, 9.17) is 0 Å². The quantitative estimate of drug-likeness (QED) is 0.265. The summed E-state index contributed by atoms with van der Waals surface area (Å²) in [4.78, 5) is 18.3. The monoisotopic (exact) mass is 583 g/mol. The Morgan fingerprint density at radius 1 is 0.860 bits per heavy atom. The zero-order chi connectivity index (χ0) is 31.2. The molecule has 232 valence electrons. The summed E-state index contributed by atoms with van der Waals surface area (Å²) in [6.45, 7) is 18.8. The molecule has 43 heavy (non-hydrogen) atoms. The lowest BCUT2D eigenvalue weighted by Gasteiger charge is -2.38. The molecule has 0 atom stereocenters. The number of benzene rings is 3. The lowest BCUT2D eigenvalue weighted by molar-refractivity contribution is 0.123. The van der Waals surface area contributed by atoms with Gasteiger partial charge in [-0.3, -0.25) is 4.90 Å². The smallest absolute Gasteiger partial charge is 0.322 e. The molecule has 0 saturated carbocycles. The van der Waals surface area contributed by atoms with E-state index < -0.39 is 0 Å². The molecule has 1 saturated heterocycles. The predicted molar refractivity (Wildman–Crippen MR) is 180 cm³/mol. The zero-order valence-corrected chi connectivity index (χ0v) is 27.5. The SMILES string of the molecule is CCCN(C(=O)Nc1ccccc1CCc1cc(C(C)(C)C)c(O)c(C(C)(C)C)c1)C1CCN(Cc2ccccc2)CC1. The van der Waals surface area contributed by atoms with E-state index in [1.807, 2.05) is 12.1 Å². The minimum absolute atomic E-state index is 0.00507. The van der Waals surface area contributed by atoms with Crippen LogP contribution in [0.25, 0.3) is 0 Å². The van der Waals surface area contributed by atoms with E-state index in [0.29, 0.717) is 5.75 Å². The average molecular weight is 584 g/mol. The molecule has 3 aromatic carbocycles. The summed E-state index contributed by atoms with van der Waals surface area (Å²) in [6, 6.07) is 23.4. The lowest BCUT2D eigenvalue weighted by Crippen LogP contribution is -2.49. The third-order valence-electron chi connectivity index (χ3n) is 8.70. The van der Waals surface area contributed by atoms with Crippen LogP contribution in [0, 0.1) is 0 Å². The first kappa shape index (κ1) is 32.6. The highest BCUT2D eigenvalue weighted by molar-refractivity contribution is 5.90. The molecular weight excluding hydrogens is 530 g/mol. The van der Waals surface area contributed by atoms with Crippen LogP contribution in [-0.4, -0.2) is 46.6 Å². The van der Waals surface area contributed by atoms with Crippen LogP contribution in [0.5, 0.6) is 5.75 Å². The molecule has 0 radical (unpaired) electrons. The topological polar surface area (TPSA) is 55.8 Å². The molecule has 5 heteroatoms. The van der Waals surface area contributed by atoms with Crippen molar-refractivity contribution in [2.45, 2.75) is 104 Å². The molecule has 2 N–H and O–H groups in total. The van der Waals surface area contributed by atoms with E-state index in [0.717, 1.165) is 80.7 Å². The normalized spacial score (nSPS) is 15.0. The number of hydrogen-bond acceptors (Lipinski definition) is 3. The van der Waals surface area contributed by atoms with Gasteiger partial charge in [0.05, 0.1) is 0 Å². The van der Waals surface area contributed by atoms with E-state index in [1.165, 1.54) is 11.1 Å². The van der Waals surface area contributed by atoms with Crippen LogP contribution >= 0.6 is 0 Å². The van der Waals surface area contributed by atoms with Crippen LogP contribution in [0.1, 0.15) is 95.5 Å². The molecule has 0 aliphatic carbocycles. The molecule has 1 aliphatic heterocycles. The van der Waals surface area contributed by atoms with Crippen molar-refractivity contribution in [2.24, 2.45) is 0 Å². The number of likely N-dealkylation sites (tertiary alicyclic amines) is 1. The number of nitrogens with zero attached hydrogens (tertiary/aromatic N) is 2. The number of carbonyl (C=O) groups is 1. The molecule has 2 amide bonds. The fourth-order valence-corrected chi connectivity index (χ4v) is 6.23. The van der Waals surface area contributed by atoms with Crippen molar-refractivity contribution in [1.29, 1.82) is 0 Å². The number of aromatic hydroxyl groups is 1. The molecule has 4 rings (SSSR count). The number of phenols is 1. The minimum Gasteiger partial charge on any atom is -0.507 e. The van der Waals surface area contributed by atoms with Crippen molar-refractivity contribution in [3.05, 3.63) is 94.5 Å². The number of anilines is 1. The van der Waals surface area contributed by atoms with Crippen LogP contribution in [0.15, 0.2) is 66.7 Å². The van der Waals surface area contributed by atoms with Gasteiger partial charge in [0, 0.05) is 37.9 Å². The largest absolute Gasteiger partial charge is 0.507 e. The molecular formula is C38H53N3O2. The zero-order valence-electron chi connectivity index (χ0n) is 27.5. The molecule has 0 spiro atoms. The van der Waals surface area contributed by atoms with E-state index >= 15 is 0 Å². The Bertz CT molecular complexity index is 1310. The Morgan fingerprint density at radius 3 is 2.02 bits per heavy atom. The van der Waals surface area contributed by atoms with Gasteiger partial charge in [0.2, 0.25) is 0 Å². The third kappa shape index (κ3) is 8.63. The van der Waals surface area contributed by atoms with Gasteiger partial charge in [-0.15, -0.1) is 0 Å². The molecule has 1 heterocycles. The van der Waals surface area contributed by atoms with Crippen molar-refractivity contribution in [2.75, 3.05) is 25.0 Å². The predicted octanol–water partition coefficient (Wildman–Crippen LogP) is 8.68. The van der Waals surface area contributed by atoms with Crippen molar-refractivity contribution < 1.29 is 9.90 Å². The number of urea groups is 1. The summed E-state index contributed by atoms with van der Waals surface area (Å²) in [5.74, 6) is 0.415. The van der Waals surface area contributed by atoms with Crippen LogP contribution < -0.4 is 5.32 Å². The van der Waals surface area contributed by atoms with E-state index in [9.17, 15) is 9.90 Å². The summed E-state index contributed by atoms with van der Waals surface area (Å²) in [7, 11) is 0. The summed E-state index contributed by atoms with van der Waals surface area (Å²) in [6.07, 6.45) is 4.56. The molecule has 0 bridgehead atoms. The van der Waals surface area contributed by atoms with E-state index in [1.54, 1.807) is 0 Å². The highest BCUT2D eigenvalue weighted by Gasteiger charge is 2.29. The second-order valence-corrected chi connectivity index (χ2v) is 14.3. The molecule has 5 nitrogen and oxygen atoms in total. The number of aryl methyl sites for hydroxylation is 2. The van der Waals surface area contributed by atoms with Crippen LogP contribution in [0.4, 0.5) is 10.5 Å². The Morgan fingerprint density at radius 2 is 1.44 bits per heavy atom. The second kappa shape index (κ2) is 14.0. The average Bonchev–Trinajstić information content (AvgIpc) is 2.96. The fourth-order valence-electron chi connectivity index (χ4n) is 6.23. The Hall–Kier alpha value is -3.31. The number of para-hydroxylation sites is 1. The van der Waals surface area contributed by atoms with Crippen molar-refractivity contribution in [3.63, 3.8) is 0 Å². The summed E-state index contributed by atoms with van der Waals surface area (Å²) >= 11 is 0. The maximum atomic E-state index is 13.7. The minimum atomic E-state index is -0.160. The van der Waals surface area contributed by atoms with Gasteiger partial charge in [0.25, 0.3) is 0 Å². The fraction of sp³-hybridized carbons (Fsp3) is 0.500.